The lowest BCUT2D eigenvalue weighted by Crippen LogP contribution is -2.29. The van der Waals surface area contributed by atoms with Crippen LogP contribution in [0.5, 0.6) is 11.5 Å². The van der Waals surface area contributed by atoms with Gasteiger partial charge in [0.1, 0.15) is 11.5 Å². The maximum absolute atomic E-state index is 12.5. The number of aliphatic hydroxyl groups is 1. The summed E-state index contributed by atoms with van der Waals surface area (Å²) in [6, 6.07) is 9.29. The van der Waals surface area contributed by atoms with E-state index in [4.69, 9.17) is 0 Å². The number of anilines is 1. The number of amides is 1. The summed E-state index contributed by atoms with van der Waals surface area (Å²) in [5.74, 6) is -3.07. The summed E-state index contributed by atoms with van der Waals surface area (Å²) in [6.07, 6.45) is 6.39. The Morgan fingerprint density at radius 2 is 1.90 bits per heavy atom. The van der Waals surface area contributed by atoms with Crippen molar-refractivity contribution in [1.29, 1.82) is 0 Å². The van der Waals surface area contributed by atoms with E-state index in [1.165, 1.54) is 24.3 Å². The molecule has 31 heavy (non-hydrogen) atoms. The lowest BCUT2D eigenvalue weighted by atomic mass is 9.86. The number of rotatable bonds is 3. The smallest absolute Gasteiger partial charge is 0.335 e. The van der Waals surface area contributed by atoms with Crippen LogP contribution in [0.2, 0.25) is 0 Å². The fourth-order valence-corrected chi connectivity index (χ4v) is 3.61. The Balaban J connectivity index is 2.09. The van der Waals surface area contributed by atoms with E-state index >= 15 is 0 Å². The van der Waals surface area contributed by atoms with Gasteiger partial charge in [-0.15, -0.1) is 0 Å². The number of carbonyl (C=O) groups excluding carboxylic acids is 1. The second-order valence-corrected chi connectivity index (χ2v) is 7.61. The third-order valence-corrected chi connectivity index (χ3v) is 5.44. The molecule has 7 nitrogen and oxygen atoms in total. The number of phenolic OH excluding ortho intramolecular Hbond substituents is 2. The Hall–Kier alpha value is -3.58. The molecule has 1 aliphatic heterocycles. The predicted octanol–water partition coefficient (Wildman–Crippen LogP) is 3.57. The van der Waals surface area contributed by atoms with Gasteiger partial charge in [-0.3, -0.25) is 4.79 Å². The average Bonchev–Trinajstić information content (AvgIpc) is 2.74. The summed E-state index contributed by atoms with van der Waals surface area (Å²) in [5.41, 5.74) is 1.17. The largest absolute Gasteiger partial charge is 0.508 e. The van der Waals surface area contributed by atoms with Crippen molar-refractivity contribution in [3.63, 3.8) is 0 Å². The summed E-state index contributed by atoms with van der Waals surface area (Å²) >= 11 is 0. The molecule has 0 spiro atoms. The van der Waals surface area contributed by atoms with Gasteiger partial charge in [0.05, 0.1) is 23.3 Å². The molecular formula is C24H25NO6. The Morgan fingerprint density at radius 1 is 1.16 bits per heavy atom. The van der Waals surface area contributed by atoms with Crippen LogP contribution in [0.3, 0.4) is 0 Å². The van der Waals surface area contributed by atoms with Gasteiger partial charge in [0, 0.05) is 11.6 Å². The number of aromatic carboxylic acids is 1. The van der Waals surface area contributed by atoms with Crippen molar-refractivity contribution in [2.45, 2.75) is 31.8 Å². The Kier molecular flexibility index (Phi) is 6.77. The molecule has 0 unspecified atom stereocenters. The van der Waals surface area contributed by atoms with Gasteiger partial charge in [-0.1, -0.05) is 49.4 Å². The number of allylic oxidation sites excluding steroid dienone is 3. The van der Waals surface area contributed by atoms with Crippen LogP contribution in [-0.4, -0.2) is 38.4 Å². The molecule has 7 heteroatoms. The van der Waals surface area contributed by atoms with Crippen molar-refractivity contribution in [2.75, 3.05) is 5.32 Å². The van der Waals surface area contributed by atoms with Gasteiger partial charge in [-0.25, -0.2) is 4.79 Å². The molecule has 0 saturated carbocycles. The van der Waals surface area contributed by atoms with Crippen molar-refractivity contribution in [3.05, 3.63) is 77.4 Å². The number of fused-ring (bicyclic) bond motifs is 2. The molecular weight excluding hydrogens is 398 g/mol. The number of benzene rings is 2. The number of hydrogen-bond acceptors (Lipinski definition) is 5. The summed E-state index contributed by atoms with van der Waals surface area (Å²) in [6.45, 7) is 1.56. The topological polar surface area (TPSA) is 127 Å². The molecule has 3 rings (SSSR count). The third kappa shape index (κ3) is 5.13. The van der Waals surface area contributed by atoms with Gasteiger partial charge in [0.15, 0.2) is 0 Å². The molecule has 1 heterocycles. The second kappa shape index (κ2) is 9.49. The molecule has 0 saturated heterocycles. The molecule has 162 valence electrons. The second-order valence-electron chi connectivity index (χ2n) is 7.61. The Bertz CT molecular complexity index is 1040. The molecule has 0 radical (unpaired) electrons. The normalized spacial score (nSPS) is 23.5. The summed E-state index contributed by atoms with van der Waals surface area (Å²) < 4.78 is 0. The number of aromatic hydroxyl groups is 2. The Morgan fingerprint density at radius 3 is 2.65 bits per heavy atom. The highest BCUT2D eigenvalue weighted by Crippen LogP contribution is 2.40. The van der Waals surface area contributed by atoms with Gasteiger partial charge < -0.3 is 25.7 Å². The van der Waals surface area contributed by atoms with Gasteiger partial charge in [-0.05, 0) is 36.5 Å². The van der Waals surface area contributed by atoms with Crippen LogP contribution in [0.25, 0.3) is 0 Å². The average molecular weight is 423 g/mol. The predicted molar refractivity (Wildman–Crippen MR) is 116 cm³/mol. The van der Waals surface area contributed by atoms with Crippen molar-refractivity contribution < 1.29 is 30.0 Å². The zero-order valence-corrected chi connectivity index (χ0v) is 17.0. The number of carboxylic acids is 1. The molecule has 5 N–H and O–H groups in total. The lowest BCUT2D eigenvalue weighted by Gasteiger charge is -2.21. The molecule has 1 amide bonds. The maximum atomic E-state index is 12.5. The van der Waals surface area contributed by atoms with Crippen molar-refractivity contribution in [1.82, 2.24) is 0 Å². The minimum Gasteiger partial charge on any atom is -0.508 e. The first-order valence-corrected chi connectivity index (χ1v) is 9.97. The molecule has 2 aromatic carbocycles. The van der Waals surface area contributed by atoms with E-state index in [2.05, 4.69) is 5.32 Å². The Labute approximate surface area is 180 Å². The lowest BCUT2D eigenvalue weighted by molar-refractivity contribution is -0.121. The monoisotopic (exact) mass is 423 g/mol. The van der Waals surface area contributed by atoms with Crippen molar-refractivity contribution in [2.24, 2.45) is 5.92 Å². The first-order valence-electron chi connectivity index (χ1n) is 9.97. The van der Waals surface area contributed by atoms with Gasteiger partial charge in [-0.2, -0.15) is 0 Å². The number of carbonyl (C=O) groups is 2. The molecule has 0 aromatic heterocycles. The zero-order chi connectivity index (χ0) is 22.5. The van der Waals surface area contributed by atoms with Crippen LogP contribution < -0.4 is 5.32 Å². The van der Waals surface area contributed by atoms with Crippen LogP contribution >= 0.6 is 0 Å². The fourth-order valence-electron chi connectivity index (χ4n) is 3.61. The first kappa shape index (κ1) is 22.1. The summed E-state index contributed by atoms with van der Waals surface area (Å²) in [4.78, 5) is 24.1. The van der Waals surface area contributed by atoms with E-state index in [0.29, 0.717) is 24.0 Å². The van der Waals surface area contributed by atoms with E-state index in [-0.39, 0.29) is 28.7 Å². The quantitative estimate of drug-likeness (QED) is 0.379. The summed E-state index contributed by atoms with van der Waals surface area (Å²) in [7, 11) is 0. The van der Waals surface area contributed by atoms with E-state index < -0.39 is 23.9 Å². The standard InChI is InChI=1S/C24H25NO6/c1-14-21(27)10-4-2-3-7-16(11-15-8-5-6-9-18(15)24(30)31)19-12-17(26)13-20(22(19)28)25-23(14)29/h2-6,8-10,12-14,16,21,26-28H,7,11H2,1H3,(H,25,29)(H,30,31)/b3-2+,10-4+/t14-,16-,21-/m0/s1. The van der Waals surface area contributed by atoms with Crippen LogP contribution in [0.4, 0.5) is 5.69 Å². The minimum atomic E-state index is -1.05. The molecule has 2 bridgehead atoms. The van der Waals surface area contributed by atoms with Crippen LogP contribution in [0, 0.1) is 5.92 Å². The number of nitrogens with one attached hydrogen (secondary N) is 1. The van der Waals surface area contributed by atoms with E-state index in [0.717, 1.165) is 0 Å². The highest BCUT2D eigenvalue weighted by Gasteiger charge is 2.25. The highest BCUT2D eigenvalue weighted by molar-refractivity contribution is 5.95. The van der Waals surface area contributed by atoms with Crippen LogP contribution in [0.1, 0.15) is 40.7 Å². The molecule has 0 fully saturated rings. The van der Waals surface area contributed by atoms with Crippen LogP contribution in [-0.2, 0) is 11.2 Å². The molecule has 2 aromatic rings. The third-order valence-electron chi connectivity index (χ3n) is 5.44. The molecule has 1 aliphatic rings. The van der Waals surface area contributed by atoms with Crippen molar-refractivity contribution in [3.8, 4) is 11.5 Å². The first-order chi connectivity index (χ1) is 14.8. The number of aliphatic hydroxyl groups excluding tert-OH is 1. The van der Waals surface area contributed by atoms with Gasteiger partial charge >= 0.3 is 5.97 Å². The van der Waals surface area contributed by atoms with E-state index in [9.17, 15) is 30.0 Å². The number of carboxylic acid groups (broad SMARTS) is 1. The van der Waals surface area contributed by atoms with Gasteiger partial charge in [0.25, 0.3) is 0 Å². The zero-order valence-electron chi connectivity index (χ0n) is 17.0. The van der Waals surface area contributed by atoms with E-state index in [1.54, 1.807) is 37.3 Å². The van der Waals surface area contributed by atoms with E-state index in [1.807, 2.05) is 6.08 Å². The molecule has 0 aliphatic carbocycles. The molecule has 3 atom stereocenters. The van der Waals surface area contributed by atoms with Gasteiger partial charge in [0.2, 0.25) is 5.91 Å². The van der Waals surface area contributed by atoms with Crippen molar-refractivity contribution >= 4 is 17.6 Å². The minimum absolute atomic E-state index is 0.0303. The number of hydrogen-bond donors (Lipinski definition) is 5. The SMILES string of the molecule is C[C@@H]1C(=O)Nc2cc(O)cc(c2O)[C@H](Cc2ccccc2C(=O)O)C/C=C/C=C/[C@@H]1O. The van der Waals surface area contributed by atoms with Crippen LogP contribution in [0.15, 0.2) is 60.7 Å². The maximum Gasteiger partial charge on any atom is 0.335 e. The highest BCUT2D eigenvalue weighted by atomic mass is 16.4. The number of phenols is 2. The summed E-state index contributed by atoms with van der Waals surface area (Å²) in [5, 5.41) is 43.4. The fraction of sp³-hybridized carbons (Fsp3) is 0.250.